The number of hydrazone groups is 1. The fraction of sp³-hybridized carbons (Fsp3) is 0.250. The molecule has 0 bridgehead atoms. The van der Waals surface area contributed by atoms with E-state index in [4.69, 9.17) is 21.1 Å². The molecule has 0 fully saturated rings. The highest BCUT2D eigenvalue weighted by molar-refractivity contribution is 7.17. The number of halogens is 1. The van der Waals surface area contributed by atoms with Gasteiger partial charge in [0.05, 0.1) is 23.9 Å². The second kappa shape index (κ2) is 12.7. The van der Waals surface area contributed by atoms with Crippen LogP contribution >= 0.6 is 22.9 Å². The van der Waals surface area contributed by atoms with Crippen molar-refractivity contribution in [3.63, 3.8) is 0 Å². The maximum Gasteiger partial charge on any atom is 0.343 e. The van der Waals surface area contributed by atoms with Crippen LogP contribution in [0.15, 0.2) is 53.6 Å². The van der Waals surface area contributed by atoms with E-state index in [2.05, 4.69) is 22.8 Å². The van der Waals surface area contributed by atoms with Crippen molar-refractivity contribution in [1.29, 1.82) is 0 Å². The number of thiophene rings is 1. The molecule has 0 radical (unpaired) electrons. The zero-order chi connectivity index (χ0) is 27.9. The lowest BCUT2D eigenvalue weighted by atomic mass is 9.88. The summed E-state index contributed by atoms with van der Waals surface area (Å²) in [6.07, 6.45) is 3.74. The Kier molecular flexibility index (Phi) is 9.11. The van der Waals surface area contributed by atoms with Crippen LogP contribution in [-0.4, -0.2) is 36.6 Å². The van der Waals surface area contributed by atoms with E-state index in [9.17, 15) is 19.2 Å². The summed E-state index contributed by atoms with van der Waals surface area (Å²) in [6, 6.07) is 12.8. The highest BCUT2D eigenvalue weighted by Gasteiger charge is 2.30. The molecule has 2 aromatic carbocycles. The fourth-order valence-corrected chi connectivity index (χ4v) is 5.56. The Bertz CT molecular complexity index is 1430. The van der Waals surface area contributed by atoms with Crippen molar-refractivity contribution in [2.24, 2.45) is 11.0 Å². The molecule has 202 valence electrons. The molecule has 11 heteroatoms. The summed E-state index contributed by atoms with van der Waals surface area (Å²) in [5.41, 5.74) is 4.22. The number of nitrogens with zero attached hydrogens (tertiary/aromatic N) is 1. The first-order chi connectivity index (χ1) is 18.7. The van der Waals surface area contributed by atoms with Crippen LogP contribution in [0.3, 0.4) is 0 Å². The Morgan fingerprint density at radius 1 is 1.10 bits per heavy atom. The molecule has 0 saturated carbocycles. The van der Waals surface area contributed by atoms with Crippen LogP contribution in [0, 0.1) is 5.92 Å². The van der Waals surface area contributed by atoms with E-state index in [0.717, 1.165) is 23.3 Å². The third kappa shape index (κ3) is 7.10. The summed E-state index contributed by atoms with van der Waals surface area (Å²) < 4.78 is 10.6. The summed E-state index contributed by atoms with van der Waals surface area (Å²) in [5.74, 6) is -2.31. The highest BCUT2D eigenvalue weighted by Crippen LogP contribution is 2.40. The summed E-state index contributed by atoms with van der Waals surface area (Å²) in [7, 11) is 0. The van der Waals surface area contributed by atoms with Gasteiger partial charge in [0, 0.05) is 9.90 Å². The average Bonchev–Trinajstić information content (AvgIpc) is 3.26. The highest BCUT2D eigenvalue weighted by atomic mass is 35.5. The molecule has 0 spiro atoms. The maximum absolute atomic E-state index is 12.6. The van der Waals surface area contributed by atoms with Gasteiger partial charge in [-0.25, -0.2) is 15.0 Å². The molecule has 9 nitrogen and oxygen atoms in total. The summed E-state index contributed by atoms with van der Waals surface area (Å²) in [5, 5.41) is 7.17. The third-order valence-corrected chi connectivity index (χ3v) is 7.37. The first kappa shape index (κ1) is 28.0. The SMILES string of the molecule is CCOC(=O)c1c(NC(=O)C(=O)N/N=C\c2cccc(OC(=O)c3ccc(Cl)cc3)c2)sc2c1CC[C@@H](C)C2. The molecule has 0 unspecified atom stereocenters. The van der Waals surface area contributed by atoms with Crippen LogP contribution in [0.25, 0.3) is 0 Å². The minimum atomic E-state index is -1.01. The van der Waals surface area contributed by atoms with Gasteiger partial charge < -0.3 is 14.8 Å². The number of carbonyl (C=O) groups excluding carboxylic acids is 4. The minimum Gasteiger partial charge on any atom is -0.462 e. The molecular weight excluding hydrogens is 542 g/mol. The molecule has 1 aliphatic rings. The molecule has 1 aromatic heterocycles. The van der Waals surface area contributed by atoms with Crippen LogP contribution in [0.2, 0.25) is 5.02 Å². The molecule has 1 aliphatic carbocycles. The van der Waals surface area contributed by atoms with E-state index >= 15 is 0 Å². The van der Waals surface area contributed by atoms with Crippen molar-refractivity contribution in [2.75, 3.05) is 11.9 Å². The molecule has 2 amide bonds. The zero-order valence-electron chi connectivity index (χ0n) is 21.3. The lowest BCUT2D eigenvalue weighted by Gasteiger charge is -2.18. The van der Waals surface area contributed by atoms with E-state index < -0.39 is 23.8 Å². The molecule has 3 aromatic rings. The lowest BCUT2D eigenvalue weighted by molar-refractivity contribution is -0.136. The monoisotopic (exact) mass is 567 g/mol. The Morgan fingerprint density at radius 2 is 1.87 bits per heavy atom. The number of ether oxygens (including phenoxy) is 2. The lowest BCUT2D eigenvalue weighted by Crippen LogP contribution is -2.32. The predicted octanol–water partition coefficient (Wildman–Crippen LogP) is 5.01. The molecule has 39 heavy (non-hydrogen) atoms. The van der Waals surface area contributed by atoms with Gasteiger partial charge in [0.2, 0.25) is 0 Å². The standard InChI is InChI=1S/C28H26ClN3O6S/c1-3-37-28(36)23-21-12-7-16(2)13-22(21)39-26(23)31-24(33)25(34)32-30-15-17-5-4-6-20(14-17)38-27(35)18-8-10-19(29)11-9-18/h4-6,8-11,14-16H,3,7,12-13H2,1-2H3,(H,31,33)(H,32,34)/b30-15-/t16-/m1/s1. The summed E-state index contributed by atoms with van der Waals surface area (Å²) in [4.78, 5) is 51.0. The van der Waals surface area contributed by atoms with E-state index in [1.165, 1.54) is 17.6 Å². The van der Waals surface area contributed by atoms with Gasteiger partial charge in [0.1, 0.15) is 10.8 Å². The van der Waals surface area contributed by atoms with Crippen molar-refractivity contribution >= 4 is 57.9 Å². The van der Waals surface area contributed by atoms with Gasteiger partial charge in [-0.15, -0.1) is 11.3 Å². The second-order valence-electron chi connectivity index (χ2n) is 8.90. The van der Waals surface area contributed by atoms with Gasteiger partial charge in [0.25, 0.3) is 0 Å². The number of rotatable bonds is 7. The molecule has 0 saturated heterocycles. The molecule has 2 N–H and O–H groups in total. The number of carbonyl (C=O) groups is 4. The van der Waals surface area contributed by atoms with E-state index in [1.807, 2.05) is 0 Å². The van der Waals surface area contributed by atoms with E-state index in [-0.39, 0.29) is 12.4 Å². The van der Waals surface area contributed by atoms with Gasteiger partial charge in [-0.1, -0.05) is 30.7 Å². The predicted molar refractivity (Wildman–Crippen MR) is 149 cm³/mol. The van der Waals surface area contributed by atoms with Crippen molar-refractivity contribution in [1.82, 2.24) is 5.43 Å². The number of anilines is 1. The number of nitrogens with one attached hydrogen (secondary N) is 2. The third-order valence-electron chi connectivity index (χ3n) is 5.95. The number of fused-ring (bicyclic) bond motifs is 1. The van der Waals surface area contributed by atoms with Gasteiger partial charge in [0.15, 0.2) is 0 Å². The van der Waals surface area contributed by atoms with Crippen LogP contribution < -0.4 is 15.5 Å². The quantitative estimate of drug-likeness (QED) is 0.136. The first-order valence-electron chi connectivity index (χ1n) is 12.3. The van der Waals surface area contributed by atoms with Crippen molar-refractivity contribution in [3.05, 3.63) is 80.7 Å². The molecular formula is C28H26ClN3O6S. The number of esters is 2. The number of hydrogen-bond donors (Lipinski definition) is 2. The number of amides is 2. The first-order valence-corrected chi connectivity index (χ1v) is 13.5. The van der Waals surface area contributed by atoms with Crippen LogP contribution in [0.1, 0.15) is 57.0 Å². The van der Waals surface area contributed by atoms with Crippen LogP contribution in [-0.2, 0) is 27.2 Å². The Morgan fingerprint density at radius 3 is 2.62 bits per heavy atom. The topological polar surface area (TPSA) is 123 Å². The number of hydrogen-bond acceptors (Lipinski definition) is 8. The van der Waals surface area contributed by atoms with Crippen molar-refractivity contribution in [3.8, 4) is 5.75 Å². The molecule has 1 heterocycles. The zero-order valence-corrected chi connectivity index (χ0v) is 22.9. The Hall–Kier alpha value is -4.02. The maximum atomic E-state index is 12.6. The van der Waals surface area contributed by atoms with Crippen molar-refractivity contribution < 1.29 is 28.7 Å². The van der Waals surface area contributed by atoms with Gasteiger partial charge in [-0.3, -0.25) is 9.59 Å². The molecule has 1 atom stereocenters. The van der Waals surface area contributed by atoms with Gasteiger partial charge >= 0.3 is 23.8 Å². The molecule has 0 aliphatic heterocycles. The fourth-order valence-electron chi connectivity index (χ4n) is 4.04. The largest absolute Gasteiger partial charge is 0.462 e. The van der Waals surface area contributed by atoms with E-state index in [0.29, 0.717) is 39.1 Å². The van der Waals surface area contributed by atoms with Crippen LogP contribution in [0.5, 0.6) is 5.75 Å². The minimum absolute atomic E-state index is 0.198. The number of benzene rings is 2. The summed E-state index contributed by atoms with van der Waals surface area (Å²) >= 11 is 7.14. The Labute approximate surface area is 234 Å². The molecule has 4 rings (SSSR count). The van der Waals surface area contributed by atoms with Gasteiger partial charge in [-0.05, 0) is 79.6 Å². The summed E-state index contributed by atoms with van der Waals surface area (Å²) in [6.45, 7) is 4.04. The Balaban J connectivity index is 1.38. The van der Waals surface area contributed by atoms with Gasteiger partial charge in [-0.2, -0.15) is 5.10 Å². The smallest absolute Gasteiger partial charge is 0.343 e. The normalized spacial score (nSPS) is 14.4. The van der Waals surface area contributed by atoms with Crippen LogP contribution in [0.4, 0.5) is 5.00 Å². The second-order valence-corrected chi connectivity index (χ2v) is 10.4. The average molecular weight is 568 g/mol. The van der Waals surface area contributed by atoms with Crippen molar-refractivity contribution in [2.45, 2.75) is 33.1 Å². The van der Waals surface area contributed by atoms with E-state index in [1.54, 1.807) is 55.5 Å².